The van der Waals surface area contributed by atoms with E-state index in [9.17, 15) is 19.2 Å². The smallest absolute Gasteiger partial charge is 0.335 e. The summed E-state index contributed by atoms with van der Waals surface area (Å²) < 4.78 is 0. The molecule has 1 aliphatic heterocycles. The molecule has 122 valence electrons. The zero-order chi connectivity index (χ0) is 17.1. The first kappa shape index (κ1) is 17.8. The van der Waals surface area contributed by atoms with Crippen molar-refractivity contribution in [2.24, 2.45) is 11.7 Å². The van der Waals surface area contributed by atoms with Crippen LogP contribution >= 0.6 is 0 Å². The first-order chi connectivity index (χ1) is 10.2. The van der Waals surface area contributed by atoms with Gasteiger partial charge in [0.15, 0.2) is 0 Å². The van der Waals surface area contributed by atoms with Crippen LogP contribution in [0.4, 0.5) is 4.79 Å². The number of nitrogens with zero attached hydrogens (tertiary/aromatic N) is 2. The largest absolute Gasteiger partial charge is 0.348 e. The molecule has 0 bridgehead atoms. The Bertz CT molecular complexity index is 517. The number of nitrogens with one attached hydrogen (secondary N) is 1. The van der Waals surface area contributed by atoms with Gasteiger partial charge in [-0.05, 0) is 12.8 Å². The minimum absolute atomic E-state index is 0.0605. The molecule has 0 aromatic carbocycles. The highest BCUT2D eigenvalue weighted by Crippen LogP contribution is 2.16. The van der Waals surface area contributed by atoms with Crippen LogP contribution < -0.4 is 11.1 Å². The quantitative estimate of drug-likeness (QED) is 0.372. The summed E-state index contributed by atoms with van der Waals surface area (Å²) in [5, 5.41) is 2.71. The van der Waals surface area contributed by atoms with Gasteiger partial charge in [0.25, 0.3) is 0 Å². The SMILES string of the molecule is C=CCN1C(=O)C(=O)N(CC(=O)NC(C)(CN)C(C)C)C1=O. The van der Waals surface area contributed by atoms with E-state index < -0.39 is 35.8 Å². The van der Waals surface area contributed by atoms with Crippen LogP contribution in [0.5, 0.6) is 0 Å². The topological polar surface area (TPSA) is 113 Å². The highest BCUT2D eigenvalue weighted by atomic mass is 16.2. The molecule has 0 saturated carbocycles. The normalized spacial score (nSPS) is 18.0. The van der Waals surface area contributed by atoms with Gasteiger partial charge in [-0.25, -0.2) is 9.69 Å². The summed E-state index contributed by atoms with van der Waals surface area (Å²) in [5.74, 6) is -2.45. The molecule has 1 heterocycles. The summed E-state index contributed by atoms with van der Waals surface area (Å²) >= 11 is 0. The molecule has 1 rings (SSSR count). The molecule has 8 nitrogen and oxygen atoms in total. The molecular formula is C14H22N4O4. The zero-order valence-electron chi connectivity index (χ0n) is 13.1. The molecule has 1 unspecified atom stereocenters. The average Bonchev–Trinajstić information content (AvgIpc) is 2.65. The maximum absolute atomic E-state index is 12.1. The van der Waals surface area contributed by atoms with Crippen molar-refractivity contribution in [2.75, 3.05) is 19.6 Å². The standard InChI is InChI=1S/C14H22N4O4/c1-5-6-17-11(20)12(21)18(13(17)22)7-10(19)16-14(4,8-15)9(2)3/h5,9H,1,6-8,15H2,2-4H3,(H,16,19). The van der Waals surface area contributed by atoms with E-state index in [1.807, 2.05) is 13.8 Å². The number of urea groups is 1. The van der Waals surface area contributed by atoms with Crippen molar-refractivity contribution in [2.45, 2.75) is 26.3 Å². The number of imide groups is 2. The Kier molecular flexibility index (Phi) is 5.43. The lowest BCUT2D eigenvalue weighted by molar-refractivity contribution is -0.144. The van der Waals surface area contributed by atoms with E-state index in [0.717, 1.165) is 4.90 Å². The third-order valence-electron chi connectivity index (χ3n) is 3.87. The van der Waals surface area contributed by atoms with Crippen molar-refractivity contribution in [3.8, 4) is 0 Å². The van der Waals surface area contributed by atoms with Gasteiger partial charge in [-0.1, -0.05) is 19.9 Å². The van der Waals surface area contributed by atoms with Gasteiger partial charge >= 0.3 is 17.8 Å². The molecule has 1 atom stereocenters. The first-order valence-electron chi connectivity index (χ1n) is 6.97. The van der Waals surface area contributed by atoms with Crippen LogP contribution in [0, 0.1) is 5.92 Å². The number of carbonyl (C=O) groups is 4. The van der Waals surface area contributed by atoms with Crippen LogP contribution in [0.25, 0.3) is 0 Å². The Hall–Kier alpha value is -2.22. The first-order valence-corrected chi connectivity index (χ1v) is 6.97. The summed E-state index contributed by atoms with van der Waals surface area (Å²) in [5.41, 5.74) is 5.01. The Morgan fingerprint density at radius 1 is 1.32 bits per heavy atom. The monoisotopic (exact) mass is 310 g/mol. The van der Waals surface area contributed by atoms with Gasteiger partial charge in [-0.2, -0.15) is 0 Å². The lowest BCUT2D eigenvalue weighted by Crippen LogP contribution is -2.57. The van der Waals surface area contributed by atoms with Gasteiger partial charge in [-0.15, -0.1) is 6.58 Å². The Morgan fingerprint density at radius 2 is 1.86 bits per heavy atom. The Balaban J connectivity index is 2.80. The molecule has 0 aromatic heterocycles. The van der Waals surface area contributed by atoms with Crippen LogP contribution in [-0.4, -0.2) is 58.7 Å². The van der Waals surface area contributed by atoms with Crippen molar-refractivity contribution in [1.82, 2.24) is 15.1 Å². The summed E-state index contributed by atoms with van der Waals surface area (Å²) in [4.78, 5) is 48.9. The van der Waals surface area contributed by atoms with Gasteiger partial charge in [0.05, 0.1) is 5.54 Å². The van der Waals surface area contributed by atoms with Crippen molar-refractivity contribution in [1.29, 1.82) is 0 Å². The molecule has 3 N–H and O–H groups in total. The second-order valence-corrected chi connectivity index (χ2v) is 5.70. The van der Waals surface area contributed by atoms with Crippen molar-refractivity contribution >= 4 is 23.8 Å². The van der Waals surface area contributed by atoms with Crippen LogP contribution in [0.1, 0.15) is 20.8 Å². The van der Waals surface area contributed by atoms with Gasteiger partial charge in [-0.3, -0.25) is 19.3 Å². The highest BCUT2D eigenvalue weighted by Gasteiger charge is 2.45. The van der Waals surface area contributed by atoms with E-state index in [0.29, 0.717) is 4.90 Å². The van der Waals surface area contributed by atoms with E-state index >= 15 is 0 Å². The van der Waals surface area contributed by atoms with Crippen LogP contribution in [0.15, 0.2) is 12.7 Å². The van der Waals surface area contributed by atoms with Gasteiger partial charge in [0, 0.05) is 13.1 Å². The molecule has 0 aliphatic carbocycles. The number of carbonyl (C=O) groups excluding carboxylic acids is 4. The average molecular weight is 310 g/mol. The number of hydrogen-bond acceptors (Lipinski definition) is 5. The number of amides is 5. The zero-order valence-corrected chi connectivity index (χ0v) is 13.1. The lowest BCUT2D eigenvalue weighted by atomic mass is 9.88. The molecule has 5 amide bonds. The van der Waals surface area contributed by atoms with Crippen LogP contribution in [0.2, 0.25) is 0 Å². The highest BCUT2D eigenvalue weighted by molar-refractivity contribution is 6.45. The van der Waals surface area contributed by atoms with E-state index in [1.54, 1.807) is 6.92 Å². The number of nitrogens with two attached hydrogens (primary N) is 1. The lowest BCUT2D eigenvalue weighted by Gasteiger charge is -2.33. The molecular weight excluding hydrogens is 288 g/mol. The van der Waals surface area contributed by atoms with E-state index in [1.165, 1.54) is 6.08 Å². The molecule has 22 heavy (non-hydrogen) atoms. The molecule has 1 saturated heterocycles. The minimum Gasteiger partial charge on any atom is -0.348 e. The Morgan fingerprint density at radius 3 is 2.32 bits per heavy atom. The van der Waals surface area contributed by atoms with E-state index in [2.05, 4.69) is 11.9 Å². The maximum atomic E-state index is 12.1. The van der Waals surface area contributed by atoms with Gasteiger partial charge in [0.2, 0.25) is 5.91 Å². The van der Waals surface area contributed by atoms with Crippen LogP contribution in [-0.2, 0) is 14.4 Å². The predicted molar refractivity (Wildman–Crippen MR) is 79.5 cm³/mol. The fraction of sp³-hybridized carbons (Fsp3) is 0.571. The fourth-order valence-electron chi connectivity index (χ4n) is 1.91. The van der Waals surface area contributed by atoms with E-state index in [-0.39, 0.29) is 19.0 Å². The number of hydrogen-bond donors (Lipinski definition) is 2. The van der Waals surface area contributed by atoms with Crippen molar-refractivity contribution < 1.29 is 19.2 Å². The van der Waals surface area contributed by atoms with Crippen molar-refractivity contribution in [3.05, 3.63) is 12.7 Å². The molecule has 1 fully saturated rings. The Labute approximate surface area is 129 Å². The summed E-state index contributed by atoms with van der Waals surface area (Å²) in [6.45, 7) is 8.60. The van der Waals surface area contributed by atoms with Gasteiger partial charge < -0.3 is 11.1 Å². The molecule has 0 aromatic rings. The maximum Gasteiger partial charge on any atom is 0.335 e. The van der Waals surface area contributed by atoms with E-state index in [4.69, 9.17) is 5.73 Å². The second-order valence-electron chi connectivity index (χ2n) is 5.70. The molecule has 0 spiro atoms. The number of rotatable bonds is 7. The molecule has 0 radical (unpaired) electrons. The summed E-state index contributed by atoms with van der Waals surface area (Å²) in [7, 11) is 0. The van der Waals surface area contributed by atoms with Crippen LogP contribution in [0.3, 0.4) is 0 Å². The third kappa shape index (κ3) is 3.33. The van der Waals surface area contributed by atoms with Crippen molar-refractivity contribution in [3.63, 3.8) is 0 Å². The predicted octanol–water partition coefficient (Wildman–Crippen LogP) is -0.547. The minimum atomic E-state index is -1.01. The molecule has 8 heteroatoms. The van der Waals surface area contributed by atoms with Gasteiger partial charge in [0.1, 0.15) is 6.54 Å². The molecule has 1 aliphatic rings. The second kappa shape index (κ2) is 6.69. The fourth-order valence-corrected chi connectivity index (χ4v) is 1.91. The third-order valence-corrected chi connectivity index (χ3v) is 3.87. The summed E-state index contributed by atoms with van der Waals surface area (Å²) in [6, 6.07) is -0.816. The summed E-state index contributed by atoms with van der Waals surface area (Å²) in [6.07, 6.45) is 1.33.